The summed E-state index contributed by atoms with van der Waals surface area (Å²) in [6.07, 6.45) is 0.800. The number of aryl methyl sites for hydroxylation is 2. The van der Waals surface area contributed by atoms with E-state index in [1.807, 2.05) is 43.5 Å². The van der Waals surface area contributed by atoms with Crippen molar-refractivity contribution >= 4 is 34.2 Å². The van der Waals surface area contributed by atoms with Crippen LogP contribution < -0.4 is 5.32 Å². The molecule has 3 rings (SSSR count). The quantitative estimate of drug-likeness (QED) is 0.667. The molecule has 0 aliphatic carbocycles. The number of carbonyl (C=O) groups is 2. The van der Waals surface area contributed by atoms with E-state index in [1.54, 1.807) is 24.5 Å². The molecule has 0 radical (unpaired) electrons. The second kappa shape index (κ2) is 7.74. The number of hydrogen-bond donors (Lipinski definition) is 1. The number of thiophene rings is 1. The highest BCUT2D eigenvalue weighted by Crippen LogP contribution is 2.25. The third kappa shape index (κ3) is 4.14. The number of benzene rings is 1. The molecule has 6 heteroatoms. The Morgan fingerprint density at radius 2 is 2.04 bits per heavy atom. The molecule has 1 amide bonds. The Bertz CT molecular complexity index is 927. The molecule has 0 saturated heterocycles. The van der Waals surface area contributed by atoms with Crippen molar-refractivity contribution in [3.8, 4) is 0 Å². The third-order valence-corrected chi connectivity index (χ3v) is 5.18. The van der Waals surface area contributed by atoms with Crippen LogP contribution in [0.5, 0.6) is 0 Å². The van der Waals surface area contributed by atoms with E-state index in [2.05, 4.69) is 5.32 Å². The molecule has 5 nitrogen and oxygen atoms in total. The van der Waals surface area contributed by atoms with Crippen LogP contribution in [-0.4, -0.2) is 18.0 Å². The van der Waals surface area contributed by atoms with Gasteiger partial charge in [0.25, 0.3) is 5.91 Å². The summed E-state index contributed by atoms with van der Waals surface area (Å²) in [7, 11) is 0. The van der Waals surface area contributed by atoms with Crippen LogP contribution >= 0.6 is 11.3 Å². The molecule has 0 fully saturated rings. The van der Waals surface area contributed by atoms with Crippen LogP contribution in [-0.2, 0) is 27.3 Å². The van der Waals surface area contributed by atoms with Crippen molar-refractivity contribution in [3.63, 3.8) is 0 Å². The van der Waals surface area contributed by atoms with Gasteiger partial charge in [0.05, 0.1) is 19.2 Å². The van der Waals surface area contributed by atoms with Crippen molar-refractivity contribution in [1.82, 2.24) is 5.32 Å². The summed E-state index contributed by atoms with van der Waals surface area (Å²) in [5.41, 5.74) is 3.78. The van der Waals surface area contributed by atoms with Gasteiger partial charge in [0.1, 0.15) is 5.58 Å². The molecule has 3 aromatic rings. The standard InChI is InChI=1S/C20H21NO4S/c1-12-7-17-15(11-24-18(17)8-13(12)2)9-19(22)25-14(3)20(23)21-10-16-5-4-6-26-16/h4-8,11,14H,9-10H2,1-3H3,(H,21,23)/t14-/m0/s1. The van der Waals surface area contributed by atoms with Gasteiger partial charge in [-0.25, -0.2) is 0 Å². The lowest BCUT2D eigenvalue weighted by atomic mass is 10.0. The molecule has 26 heavy (non-hydrogen) atoms. The fourth-order valence-electron chi connectivity index (χ4n) is 2.65. The van der Waals surface area contributed by atoms with Crippen LogP contribution in [0.3, 0.4) is 0 Å². The Morgan fingerprint density at radius 3 is 2.77 bits per heavy atom. The molecular weight excluding hydrogens is 350 g/mol. The van der Waals surface area contributed by atoms with Gasteiger partial charge in [0.2, 0.25) is 0 Å². The Morgan fingerprint density at radius 1 is 1.27 bits per heavy atom. The van der Waals surface area contributed by atoms with E-state index in [-0.39, 0.29) is 12.3 Å². The second-order valence-electron chi connectivity index (χ2n) is 6.30. The van der Waals surface area contributed by atoms with Crippen LogP contribution in [0.2, 0.25) is 0 Å². The molecule has 0 unspecified atom stereocenters. The maximum atomic E-state index is 12.2. The summed E-state index contributed by atoms with van der Waals surface area (Å²) in [6.45, 7) is 6.04. The number of rotatable bonds is 6. The highest BCUT2D eigenvalue weighted by Gasteiger charge is 2.19. The Labute approximate surface area is 156 Å². The normalized spacial score (nSPS) is 12.1. The van der Waals surface area contributed by atoms with Crippen LogP contribution in [0.4, 0.5) is 0 Å². The molecule has 0 aliphatic rings. The first-order chi connectivity index (χ1) is 12.4. The highest BCUT2D eigenvalue weighted by molar-refractivity contribution is 7.09. The zero-order valence-corrected chi connectivity index (χ0v) is 15.8. The van der Waals surface area contributed by atoms with Crippen LogP contribution in [0.25, 0.3) is 11.0 Å². The van der Waals surface area contributed by atoms with E-state index < -0.39 is 12.1 Å². The maximum absolute atomic E-state index is 12.2. The van der Waals surface area contributed by atoms with Crippen LogP contribution in [0.15, 0.2) is 40.3 Å². The lowest BCUT2D eigenvalue weighted by molar-refractivity contribution is -0.154. The Balaban J connectivity index is 1.58. The van der Waals surface area contributed by atoms with Gasteiger partial charge in [-0.15, -0.1) is 11.3 Å². The third-order valence-electron chi connectivity index (χ3n) is 4.30. The largest absolute Gasteiger partial charge is 0.464 e. The lowest BCUT2D eigenvalue weighted by Gasteiger charge is -2.13. The molecule has 1 N–H and O–H groups in total. The topological polar surface area (TPSA) is 68.5 Å². The fourth-order valence-corrected chi connectivity index (χ4v) is 3.30. The van der Waals surface area contributed by atoms with Crippen molar-refractivity contribution < 1.29 is 18.7 Å². The number of nitrogens with one attached hydrogen (secondary N) is 1. The molecule has 0 aliphatic heterocycles. The molecule has 0 saturated carbocycles. The smallest absolute Gasteiger partial charge is 0.311 e. The zero-order chi connectivity index (χ0) is 18.7. The predicted molar refractivity (Wildman–Crippen MR) is 101 cm³/mol. The summed E-state index contributed by atoms with van der Waals surface area (Å²) >= 11 is 1.56. The second-order valence-corrected chi connectivity index (χ2v) is 7.33. The molecule has 1 aromatic carbocycles. The van der Waals surface area contributed by atoms with Crippen molar-refractivity contribution in [1.29, 1.82) is 0 Å². The minimum absolute atomic E-state index is 0.0675. The van der Waals surface area contributed by atoms with E-state index in [4.69, 9.17) is 9.15 Å². The number of amides is 1. The van der Waals surface area contributed by atoms with Crippen molar-refractivity contribution in [2.75, 3.05) is 0 Å². The van der Waals surface area contributed by atoms with Gasteiger partial charge in [-0.1, -0.05) is 6.07 Å². The monoisotopic (exact) mass is 371 g/mol. The van der Waals surface area contributed by atoms with Crippen molar-refractivity contribution in [2.45, 2.75) is 39.8 Å². The highest BCUT2D eigenvalue weighted by atomic mass is 32.1. The van der Waals surface area contributed by atoms with Gasteiger partial charge in [0, 0.05) is 15.8 Å². The number of ether oxygens (including phenoxy) is 1. The molecule has 0 bridgehead atoms. The fraction of sp³-hybridized carbons (Fsp3) is 0.300. The molecule has 136 valence electrons. The van der Waals surface area contributed by atoms with E-state index in [1.165, 1.54) is 0 Å². The minimum atomic E-state index is -0.843. The summed E-state index contributed by atoms with van der Waals surface area (Å²) in [5, 5.41) is 5.62. The summed E-state index contributed by atoms with van der Waals surface area (Å²) in [4.78, 5) is 25.3. The van der Waals surface area contributed by atoms with E-state index >= 15 is 0 Å². The molecule has 2 heterocycles. The van der Waals surface area contributed by atoms with Crippen LogP contribution in [0.1, 0.15) is 28.5 Å². The minimum Gasteiger partial charge on any atom is -0.464 e. The number of fused-ring (bicyclic) bond motifs is 1. The molecule has 0 spiro atoms. The summed E-state index contributed by atoms with van der Waals surface area (Å²) in [6, 6.07) is 7.83. The first-order valence-corrected chi connectivity index (χ1v) is 9.29. The average molecular weight is 371 g/mol. The molecule has 1 atom stereocenters. The summed E-state index contributed by atoms with van der Waals surface area (Å²) in [5.74, 6) is -0.764. The van der Waals surface area contributed by atoms with Gasteiger partial charge in [0.15, 0.2) is 6.10 Å². The predicted octanol–water partition coefficient (Wildman–Crippen LogP) is 3.90. The number of esters is 1. The van der Waals surface area contributed by atoms with Gasteiger partial charge in [-0.2, -0.15) is 0 Å². The first-order valence-electron chi connectivity index (χ1n) is 8.41. The van der Waals surface area contributed by atoms with Gasteiger partial charge >= 0.3 is 5.97 Å². The summed E-state index contributed by atoms with van der Waals surface area (Å²) < 4.78 is 10.8. The van der Waals surface area contributed by atoms with E-state index in [0.29, 0.717) is 6.54 Å². The Hall–Kier alpha value is -2.60. The zero-order valence-electron chi connectivity index (χ0n) is 15.0. The van der Waals surface area contributed by atoms with Crippen molar-refractivity contribution in [2.24, 2.45) is 0 Å². The van der Waals surface area contributed by atoms with E-state index in [0.717, 1.165) is 32.5 Å². The average Bonchev–Trinajstić information content (AvgIpc) is 3.24. The molecule has 2 aromatic heterocycles. The van der Waals surface area contributed by atoms with Crippen LogP contribution in [0, 0.1) is 13.8 Å². The number of hydrogen-bond acceptors (Lipinski definition) is 5. The van der Waals surface area contributed by atoms with Gasteiger partial charge in [-0.05, 0) is 55.5 Å². The van der Waals surface area contributed by atoms with Crippen molar-refractivity contribution in [3.05, 3.63) is 57.5 Å². The maximum Gasteiger partial charge on any atom is 0.311 e. The number of furan rings is 1. The van der Waals surface area contributed by atoms with Gasteiger partial charge in [-0.3, -0.25) is 9.59 Å². The lowest BCUT2D eigenvalue weighted by Crippen LogP contribution is -2.35. The SMILES string of the molecule is Cc1cc2occ(CC(=O)O[C@@H](C)C(=O)NCc3cccs3)c2cc1C. The number of carbonyl (C=O) groups excluding carboxylic acids is 2. The Kier molecular flexibility index (Phi) is 5.42. The van der Waals surface area contributed by atoms with Gasteiger partial charge < -0.3 is 14.5 Å². The van der Waals surface area contributed by atoms with E-state index in [9.17, 15) is 9.59 Å². The first kappa shape index (κ1) is 18.2. The molecular formula is C20H21NO4S.